The lowest BCUT2D eigenvalue weighted by Crippen LogP contribution is -2.51. The van der Waals surface area contributed by atoms with Crippen molar-refractivity contribution in [3.63, 3.8) is 0 Å². The van der Waals surface area contributed by atoms with Crippen LogP contribution in [0, 0.1) is 23.2 Å². The first-order valence-corrected chi connectivity index (χ1v) is 9.11. The van der Waals surface area contributed by atoms with Gasteiger partial charge in [-0.05, 0) is 36.7 Å². The first-order valence-electron chi connectivity index (χ1n) is 9.11. The van der Waals surface area contributed by atoms with Crippen molar-refractivity contribution >= 4 is 17.8 Å². The largest absolute Gasteiger partial charge is 0.394 e. The van der Waals surface area contributed by atoms with E-state index in [2.05, 4.69) is 16.0 Å². The van der Waals surface area contributed by atoms with Crippen molar-refractivity contribution in [2.75, 3.05) is 6.61 Å². The van der Waals surface area contributed by atoms with Gasteiger partial charge in [0.2, 0.25) is 5.91 Å². The maximum Gasteiger partial charge on any atom is 0.322 e. The molecule has 1 saturated heterocycles. The molecule has 1 aliphatic heterocycles. The zero-order chi connectivity index (χ0) is 18.1. The van der Waals surface area contributed by atoms with Crippen LogP contribution in [0.4, 0.5) is 4.79 Å². The molecule has 1 heterocycles. The van der Waals surface area contributed by atoms with Crippen LogP contribution in [-0.4, -0.2) is 41.1 Å². The molecule has 4 bridgehead atoms. The van der Waals surface area contributed by atoms with Crippen LogP contribution in [0.25, 0.3) is 0 Å². The summed E-state index contributed by atoms with van der Waals surface area (Å²) in [6.45, 7) is -0.141. The standard InChI is InChI=1S/C19H21N3O4/c23-9-12(6-10-4-2-1-3-5-10)20-15(24)18-8-11-7-13(18)14(18)19(11)16(25)21-17(26)22-19/h1-5,11-14,23H,6-9H2,(H,20,24)(H2,21,22,25,26)/t11-,12-,13+,14+,18-,19+/m1/s1. The summed E-state index contributed by atoms with van der Waals surface area (Å²) in [5.74, 6) is -0.322. The molecule has 4 aliphatic carbocycles. The molecule has 4 saturated carbocycles. The van der Waals surface area contributed by atoms with Gasteiger partial charge in [-0.15, -0.1) is 0 Å². The lowest BCUT2D eigenvalue weighted by Gasteiger charge is -2.24. The van der Waals surface area contributed by atoms with E-state index >= 15 is 0 Å². The van der Waals surface area contributed by atoms with Gasteiger partial charge < -0.3 is 15.7 Å². The number of carbonyl (C=O) groups excluding carboxylic acids is 3. The molecule has 0 radical (unpaired) electrons. The Morgan fingerprint density at radius 1 is 1.31 bits per heavy atom. The summed E-state index contributed by atoms with van der Waals surface area (Å²) >= 11 is 0. The van der Waals surface area contributed by atoms with Crippen LogP contribution < -0.4 is 16.0 Å². The number of carbonyl (C=O) groups is 3. The molecule has 1 aromatic carbocycles. The van der Waals surface area contributed by atoms with E-state index in [-0.39, 0.29) is 42.2 Å². The number of aliphatic hydroxyl groups excluding tert-OH is 1. The predicted molar refractivity (Wildman–Crippen MR) is 90.7 cm³/mol. The predicted octanol–water partition coefficient (Wildman–Crippen LogP) is -0.0596. The Kier molecular flexibility index (Phi) is 3.08. The third-order valence-corrected chi connectivity index (χ3v) is 6.99. The molecule has 1 spiro atoms. The highest BCUT2D eigenvalue weighted by Crippen LogP contribution is 2.82. The van der Waals surface area contributed by atoms with Gasteiger partial charge >= 0.3 is 6.03 Å². The van der Waals surface area contributed by atoms with Crippen LogP contribution in [0.1, 0.15) is 18.4 Å². The van der Waals surface area contributed by atoms with Crippen LogP contribution in [0.5, 0.6) is 0 Å². The summed E-state index contributed by atoms with van der Waals surface area (Å²) < 4.78 is 0. The number of aliphatic hydroxyl groups is 1. The quantitative estimate of drug-likeness (QED) is 0.555. The van der Waals surface area contributed by atoms with Crippen molar-refractivity contribution in [2.24, 2.45) is 23.2 Å². The molecule has 7 nitrogen and oxygen atoms in total. The molecule has 4 N–H and O–H groups in total. The second kappa shape index (κ2) is 5.07. The minimum Gasteiger partial charge on any atom is -0.394 e. The van der Waals surface area contributed by atoms with Crippen LogP contribution in [-0.2, 0) is 16.0 Å². The summed E-state index contributed by atoms with van der Waals surface area (Å²) in [5.41, 5.74) is -0.414. The Hall–Kier alpha value is -2.41. The second-order valence-corrected chi connectivity index (χ2v) is 8.08. The topological polar surface area (TPSA) is 108 Å². The van der Waals surface area contributed by atoms with Crippen molar-refractivity contribution in [3.8, 4) is 0 Å². The van der Waals surface area contributed by atoms with E-state index in [1.807, 2.05) is 30.3 Å². The van der Waals surface area contributed by atoms with E-state index in [9.17, 15) is 19.5 Å². The van der Waals surface area contributed by atoms with Gasteiger partial charge in [0, 0.05) is 5.92 Å². The summed E-state index contributed by atoms with van der Waals surface area (Å²) in [4.78, 5) is 37.1. The highest BCUT2D eigenvalue weighted by molar-refractivity contribution is 6.10. The average Bonchev–Trinajstić information content (AvgIpc) is 2.98. The maximum absolute atomic E-state index is 13.1. The van der Waals surface area contributed by atoms with E-state index < -0.39 is 17.0 Å². The number of hydrogen-bond acceptors (Lipinski definition) is 4. The monoisotopic (exact) mass is 355 g/mol. The first-order chi connectivity index (χ1) is 12.5. The summed E-state index contributed by atoms with van der Waals surface area (Å²) in [7, 11) is 0. The highest BCUT2D eigenvalue weighted by atomic mass is 16.3. The zero-order valence-corrected chi connectivity index (χ0v) is 14.2. The smallest absolute Gasteiger partial charge is 0.322 e. The minimum atomic E-state index is -0.896. The van der Waals surface area contributed by atoms with E-state index in [1.54, 1.807) is 0 Å². The molecule has 6 atom stereocenters. The van der Waals surface area contributed by atoms with Gasteiger partial charge in [-0.3, -0.25) is 14.9 Å². The fourth-order valence-electron chi connectivity index (χ4n) is 6.04. The van der Waals surface area contributed by atoms with Gasteiger partial charge in [-0.2, -0.15) is 0 Å². The Morgan fingerprint density at radius 3 is 2.69 bits per heavy atom. The summed E-state index contributed by atoms with van der Waals surface area (Å²) in [5, 5.41) is 17.9. The number of amides is 4. The molecule has 7 heteroatoms. The summed E-state index contributed by atoms with van der Waals surface area (Å²) in [6.07, 6.45) is 1.99. The van der Waals surface area contributed by atoms with Crippen molar-refractivity contribution in [1.82, 2.24) is 16.0 Å². The molecule has 1 aromatic rings. The van der Waals surface area contributed by atoms with E-state index in [0.717, 1.165) is 12.0 Å². The molecule has 0 unspecified atom stereocenters. The molecule has 5 fully saturated rings. The first kappa shape index (κ1) is 15.8. The maximum atomic E-state index is 13.1. The Morgan fingerprint density at radius 2 is 2.08 bits per heavy atom. The Labute approximate surface area is 150 Å². The van der Waals surface area contributed by atoms with E-state index in [1.165, 1.54) is 0 Å². The van der Waals surface area contributed by atoms with Crippen molar-refractivity contribution < 1.29 is 19.5 Å². The van der Waals surface area contributed by atoms with Crippen molar-refractivity contribution in [3.05, 3.63) is 35.9 Å². The number of hydrogen-bond donors (Lipinski definition) is 4. The molecular weight excluding hydrogens is 334 g/mol. The SMILES string of the molecule is O=C1NC(=O)[C@]2(N1)[C@@H]1C[C@H]3[C@H]2[C@@]3(C(=O)N[C@@H](CO)Cc2ccccc2)C1. The number of nitrogens with one attached hydrogen (secondary N) is 3. The molecule has 4 amide bonds. The summed E-state index contributed by atoms with van der Waals surface area (Å²) in [6, 6.07) is 8.90. The highest BCUT2D eigenvalue weighted by Gasteiger charge is 2.90. The fraction of sp³-hybridized carbons (Fsp3) is 0.526. The molecule has 5 aliphatic rings. The van der Waals surface area contributed by atoms with Crippen molar-refractivity contribution in [1.29, 1.82) is 0 Å². The van der Waals surface area contributed by atoms with Gasteiger partial charge in [0.25, 0.3) is 5.91 Å². The van der Waals surface area contributed by atoms with Gasteiger partial charge in [-0.25, -0.2) is 4.79 Å². The third-order valence-electron chi connectivity index (χ3n) is 6.99. The average molecular weight is 355 g/mol. The molecule has 6 rings (SSSR count). The normalized spacial score (nSPS) is 39.7. The fourth-order valence-corrected chi connectivity index (χ4v) is 6.04. The van der Waals surface area contributed by atoms with Crippen LogP contribution in [0.15, 0.2) is 30.3 Å². The van der Waals surface area contributed by atoms with Crippen LogP contribution in [0.3, 0.4) is 0 Å². The second-order valence-electron chi connectivity index (χ2n) is 8.08. The molecule has 0 aromatic heterocycles. The lowest BCUT2D eigenvalue weighted by molar-refractivity contribution is -0.128. The number of benzene rings is 1. The van der Waals surface area contributed by atoms with Crippen LogP contribution in [0.2, 0.25) is 0 Å². The van der Waals surface area contributed by atoms with Gasteiger partial charge in [-0.1, -0.05) is 30.3 Å². The lowest BCUT2D eigenvalue weighted by atomic mass is 9.88. The minimum absolute atomic E-state index is 0.0244. The number of rotatable bonds is 5. The van der Waals surface area contributed by atoms with Gasteiger partial charge in [0.05, 0.1) is 18.1 Å². The Balaban J connectivity index is 1.33. The molecule has 26 heavy (non-hydrogen) atoms. The zero-order valence-electron chi connectivity index (χ0n) is 14.2. The Bertz CT molecular complexity index is 812. The number of urea groups is 1. The third kappa shape index (κ3) is 1.79. The van der Waals surface area contributed by atoms with Crippen LogP contribution >= 0.6 is 0 Å². The van der Waals surface area contributed by atoms with Gasteiger partial charge in [0.1, 0.15) is 5.54 Å². The van der Waals surface area contributed by atoms with E-state index in [0.29, 0.717) is 12.8 Å². The van der Waals surface area contributed by atoms with Crippen molar-refractivity contribution in [2.45, 2.75) is 30.8 Å². The van der Waals surface area contributed by atoms with Gasteiger partial charge in [0.15, 0.2) is 0 Å². The number of imide groups is 1. The molecular formula is C19H21N3O4. The van der Waals surface area contributed by atoms with E-state index in [4.69, 9.17) is 0 Å². The molecule has 136 valence electrons.